The SMILES string of the molecule is c1ccc(-c2nc(-c3cccc(-c4ccc5c(c4)sc4ccccc45)c3)nc(-n3c4ccccc4c4c5cccc6c5n(c43)-c3ccccc3S6)n2)cc1. The average Bonchev–Trinajstić information content (AvgIpc) is 3.89. The molecule has 0 atom stereocenters. The molecule has 5 nitrogen and oxygen atoms in total. The fraction of sp³-hybridized carbons (Fsp3) is 0. The Hall–Kier alpha value is -6.54. The molecule has 11 aromatic rings. The summed E-state index contributed by atoms with van der Waals surface area (Å²) in [6.45, 7) is 0. The van der Waals surface area contributed by atoms with Gasteiger partial charge in [0.25, 0.3) is 0 Å². The minimum Gasteiger partial charge on any atom is -0.293 e. The van der Waals surface area contributed by atoms with Crippen LogP contribution in [-0.2, 0) is 0 Å². The Labute approximate surface area is 317 Å². The van der Waals surface area contributed by atoms with E-state index in [0.717, 1.165) is 39.1 Å². The van der Waals surface area contributed by atoms with Crippen molar-refractivity contribution in [3.05, 3.63) is 164 Å². The average molecular weight is 726 g/mol. The summed E-state index contributed by atoms with van der Waals surface area (Å²) in [7, 11) is 0. The standard InChI is InChI=1S/C47H27N5S2/c1-2-12-28(13-3-1)44-48-45(31-15-10-14-29(26-31)30-24-25-33-32-16-5-8-21-38(32)53-41(33)27-30)50-47(49-44)52-36-19-6-4-17-34(36)42-35-18-11-23-40-43(35)51(46(42)52)37-20-7-9-22-39(37)54-40/h1-27H. The third-order valence-electron chi connectivity index (χ3n) is 10.6. The second kappa shape index (κ2) is 11.5. The molecule has 7 heteroatoms. The van der Waals surface area contributed by atoms with Crippen LogP contribution in [0.15, 0.2) is 174 Å². The van der Waals surface area contributed by atoms with Crippen LogP contribution in [0.3, 0.4) is 0 Å². The topological polar surface area (TPSA) is 48.5 Å². The van der Waals surface area contributed by atoms with Gasteiger partial charge in [0.15, 0.2) is 11.6 Å². The summed E-state index contributed by atoms with van der Waals surface area (Å²) in [6, 6.07) is 58.2. The predicted octanol–water partition coefficient (Wildman–Crippen LogP) is 12.7. The van der Waals surface area contributed by atoms with Gasteiger partial charge in [-0.25, -0.2) is 4.98 Å². The highest BCUT2D eigenvalue weighted by molar-refractivity contribution is 7.99. The zero-order chi connectivity index (χ0) is 35.3. The number of hydrogen-bond donors (Lipinski definition) is 0. The first-order valence-electron chi connectivity index (χ1n) is 17.9. The van der Waals surface area contributed by atoms with Gasteiger partial charge in [-0.3, -0.25) is 9.13 Å². The molecule has 7 aromatic carbocycles. The van der Waals surface area contributed by atoms with Crippen LogP contribution in [-0.4, -0.2) is 24.1 Å². The number of hydrogen-bond acceptors (Lipinski definition) is 5. The summed E-state index contributed by atoms with van der Waals surface area (Å²) in [5, 5.41) is 6.18. The van der Waals surface area contributed by atoms with E-state index in [4.69, 9.17) is 15.0 Å². The van der Waals surface area contributed by atoms with Gasteiger partial charge in [0, 0.05) is 57.2 Å². The van der Waals surface area contributed by atoms with Crippen LogP contribution in [0.25, 0.3) is 98.5 Å². The molecule has 252 valence electrons. The van der Waals surface area contributed by atoms with E-state index >= 15 is 0 Å². The zero-order valence-electron chi connectivity index (χ0n) is 28.6. The lowest BCUT2D eigenvalue weighted by atomic mass is 10.0. The molecule has 5 heterocycles. The number of fused-ring (bicyclic) bond motifs is 10. The molecule has 12 rings (SSSR count). The zero-order valence-corrected chi connectivity index (χ0v) is 30.3. The van der Waals surface area contributed by atoms with Crippen LogP contribution in [0.4, 0.5) is 0 Å². The van der Waals surface area contributed by atoms with Crippen molar-refractivity contribution in [3.63, 3.8) is 0 Å². The normalized spacial score (nSPS) is 12.4. The van der Waals surface area contributed by atoms with Crippen LogP contribution in [0.2, 0.25) is 0 Å². The second-order valence-electron chi connectivity index (χ2n) is 13.6. The van der Waals surface area contributed by atoms with E-state index in [1.54, 1.807) is 0 Å². The van der Waals surface area contributed by atoms with Gasteiger partial charge >= 0.3 is 0 Å². The van der Waals surface area contributed by atoms with Gasteiger partial charge in [-0.05, 0) is 53.6 Å². The van der Waals surface area contributed by atoms with Crippen molar-refractivity contribution in [3.8, 4) is 45.5 Å². The maximum absolute atomic E-state index is 5.35. The Kier molecular flexibility index (Phi) is 6.37. The smallest absolute Gasteiger partial charge is 0.239 e. The van der Waals surface area contributed by atoms with Crippen LogP contribution < -0.4 is 0 Å². The van der Waals surface area contributed by atoms with Crippen molar-refractivity contribution in [2.75, 3.05) is 0 Å². The number of thiophene rings is 1. The van der Waals surface area contributed by atoms with Gasteiger partial charge in [0.2, 0.25) is 5.95 Å². The van der Waals surface area contributed by atoms with E-state index in [1.165, 1.54) is 51.6 Å². The van der Waals surface area contributed by atoms with Crippen LogP contribution in [0, 0.1) is 0 Å². The molecule has 0 N–H and O–H groups in total. The van der Waals surface area contributed by atoms with Gasteiger partial charge in [0.05, 0.1) is 16.7 Å². The fourth-order valence-electron chi connectivity index (χ4n) is 8.18. The summed E-state index contributed by atoms with van der Waals surface area (Å²) in [5.74, 6) is 1.84. The van der Waals surface area contributed by atoms with Crippen molar-refractivity contribution in [2.24, 2.45) is 0 Å². The molecule has 0 unspecified atom stereocenters. The molecular formula is C47H27N5S2. The Morgan fingerprint density at radius 3 is 2.02 bits per heavy atom. The van der Waals surface area contributed by atoms with E-state index in [-0.39, 0.29) is 0 Å². The second-order valence-corrected chi connectivity index (χ2v) is 15.8. The van der Waals surface area contributed by atoms with Gasteiger partial charge in [0.1, 0.15) is 5.65 Å². The first-order valence-corrected chi connectivity index (χ1v) is 19.6. The summed E-state index contributed by atoms with van der Waals surface area (Å²) in [6.07, 6.45) is 0. The first kappa shape index (κ1) is 30.0. The van der Waals surface area contributed by atoms with Gasteiger partial charge in [-0.15, -0.1) is 11.3 Å². The first-order chi connectivity index (χ1) is 26.8. The van der Waals surface area contributed by atoms with Crippen molar-refractivity contribution >= 4 is 76.1 Å². The Morgan fingerprint density at radius 2 is 1.09 bits per heavy atom. The summed E-state index contributed by atoms with van der Waals surface area (Å²) < 4.78 is 7.25. The molecule has 0 aliphatic carbocycles. The van der Waals surface area contributed by atoms with Crippen LogP contribution in [0.5, 0.6) is 0 Å². The minimum atomic E-state index is 0.582. The molecule has 0 bridgehead atoms. The largest absolute Gasteiger partial charge is 0.293 e. The minimum absolute atomic E-state index is 0.582. The molecule has 0 saturated carbocycles. The number of rotatable bonds is 4. The lowest BCUT2D eigenvalue weighted by molar-refractivity contribution is 0.927. The summed E-state index contributed by atoms with van der Waals surface area (Å²) in [5.41, 5.74) is 8.63. The molecule has 0 amide bonds. The third kappa shape index (κ3) is 4.37. The molecular weight excluding hydrogens is 699 g/mol. The Balaban J connectivity index is 1.12. The molecule has 4 aromatic heterocycles. The number of benzene rings is 7. The van der Waals surface area contributed by atoms with Crippen LogP contribution in [0.1, 0.15) is 0 Å². The monoisotopic (exact) mass is 725 g/mol. The van der Waals surface area contributed by atoms with Gasteiger partial charge < -0.3 is 0 Å². The van der Waals surface area contributed by atoms with Gasteiger partial charge in [-0.1, -0.05) is 133 Å². The molecule has 1 aliphatic rings. The quantitative estimate of drug-likeness (QED) is 0.181. The summed E-state index contributed by atoms with van der Waals surface area (Å²) >= 11 is 3.67. The van der Waals surface area contributed by atoms with Crippen molar-refractivity contribution in [1.29, 1.82) is 0 Å². The number of para-hydroxylation sites is 3. The van der Waals surface area contributed by atoms with E-state index in [2.05, 4.69) is 155 Å². The number of aromatic nitrogens is 5. The van der Waals surface area contributed by atoms with E-state index in [0.29, 0.717) is 17.6 Å². The lowest BCUT2D eigenvalue weighted by Gasteiger charge is -2.20. The molecule has 1 aliphatic heterocycles. The van der Waals surface area contributed by atoms with Crippen molar-refractivity contribution in [1.82, 2.24) is 24.1 Å². The lowest BCUT2D eigenvalue weighted by Crippen LogP contribution is -2.10. The van der Waals surface area contributed by atoms with E-state index in [1.807, 2.05) is 41.3 Å². The maximum Gasteiger partial charge on any atom is 0.239 e. The molecule has 0 saturated heterocycles. The highest BCUT2D eigenvalue weighted by atomic mass is 32.2. The van der Waals surface area contributed by atoms with Gasteiger partial charge in [-0.2, -0.15) is 9.97 Å². The Morgan fingerprint density at radius 1 is 0.426 bits per heavy atom. The predicted molar refractivity (Wildman–Crippen MR) is 224 cm³/mol. The third-order valence-corrected chi connectivity index (χ3v) is 12.8. The number of nitrogens with zero attached hydrogens (tertiary/aromatic N) is 5. The molecule has 0 radical (unpaired) electrons. The van der Waals surface area contributed by atoms with Crippen molar-refractivity contribution in [2.45, 2.75) is 9.79 Å². The summed E-state index contributed by atoms with van der Waals surface area (Å²) in [4.78, 5) is 18.2. The van der Waals surface area contributed by atoms with E-state index < -0.39 is 0 Å². The molecule has 0 spiro atoms. The highest BCUT2D eigenvalue weighted by Gasteiger charge is 2.28. The Bertz CT molecular complexity index is 3320. The van der Waals surface area contributed by atoms with Crippen LogP contribution >= 0.6 is 23.1 Å². The molecule has 54 heavy (non-hydrogen) atoms. The highest BCUT2D eigenvalue weighted by Crippen LogP contribution is 2.49. The van der Waals surface area contributed by atoms with Crippen molar-refractivity contribution < 1.29 is 0 Å². The fourth-order valence-corrected chi connectivity index (χ4v) is 10.4. The maximum atomic E-state index is 5.35. The van der Waals surface area contributed by atoms with E-state index in [9.17, 15) is 0 Å². The molecule has 0 fully saturated rings.